The molecule has 0 aromatic heterocycles. The molecule has 2 aromatic rings. The van der Waals surface area contributed by atoms with Crippen molar-refractivity contribution in [2.24, 2.45) is 0 Å². The van der Waals surface area contributed by atoms with Crippen LogP contribution in [0.25, 0.3) is 0 Å². The summed E-state index contributed by atoms with van der Waals surface area (Å²) >= 11 is 5.76. The summed E-state index contributed by atoms with van der Waals surface area (Å²) in [7, 11) is 0. The first kappa shape index (κ1) is 14.4. The molecule has 0 N–H and O–H groups in total. The predicted molar refractivity (Wildman–Crippen MR) is 71.3 cm³/mol. The number of rotatable bonds is 2. The fraction of sp³-hybridized carbons (Fsp3) is 0.0714. The Bertz CT molecular complexity index is 653. The van der Waals surface area contributed by atoms with Crippen LogP contribution in [0.1, 0.15) is 11.1 Å². The van der Waals surface area contributed by atoms with E-state index in [0.29, 0.717) is 10.6 Å². The van der Waals surface area contributed by atoms with Crippen molar-refractivity contribution >= 4 is 23.5 Å². The summed E-state index contributed by atoms with van der Waals surface area (Å²) in [4.78, 5) is 0. The molecule has 0 spiro atoms. The molecule has 0 saturated carbocycles. The fourth-order valence-electron chi connectivity index (χ4n) is 1.70. The molecule has 0 atom stereocenters. The maximum absolute atomic E-state index is 12.8. The topological polar surface area (TPSA) is 26.1 Å². The van der Waals surface area contributed by atoms with Crippen molar-refractivity contribution in [2.75, 3.05) is 0 Å². The zero-order valence-electron chi connectivity index (χ0n) is 10.1. The van der Waals surface area contributed by atoms with E-state index in [1.54, 1.807) is 18.2 Å². The van der Waals surface area contributed by atoms with E-state index in [2.05, 4.69) is 0 Å². The molecule has 0 saturated heterocycles. The monoisotopic (exact) mass is 299 g/mol. The van der Waals surface area contributed by atoms with Gasteiger partial charge < -0.3 is 5.21 Å². The Balaban J connectivity index is 2.46. The molecular formula is C14H9ClF3NO. The molecule has 6 heteroatoms. The van der Waals surface area contributed by atoms with Gasteiger partial charge in [0.25, 0.3) is 0 Å². The first-order chi connectivity index (χ1) is 9.38. The highest BCUT2D eigenvalue weighted by Crippen LogP contribution is 2.35. The van der Waals surface area contributed by atoms with Gasteiger partial charge in [-0.1, -0.05) is 29.8 Å². The van der Waals surface area contributed by atoms with Gasteiger partial charge in [-0.05, 0) is 24.3 Å². The number of benzene rings is 2. The van der Waals surface area contributed by atoms with E-state index in [1.165, 1.54) is 18.2 Å². The van der Waals surface area contributed by atoms with Crippen molar-refractivity contribution in [3.63, 3.8) is 0 Å². The molecular weight excluding hydrogens is 291 g/mol. The fourth-order valence-corrected chi connectivity index (χ4v) is 1.90. The van der Waals surface area contributed by atoms with Crippen LogP contribution in [0.3, 0.4) is 0 Å². The van der Waals surface area contributed by atoms with Gasteiger partial charge in [0.05, 0.1) is 0 Å². The Labute approximate surface area is 118 Å². The molecule has 104 valence electrons. The van der Waals surface area contributed by atoms with Gasteiger partial charge in [0.2, 0.25) is 5.69 Å². The number of halogens is 4. The number of nitrogens with zero attached hydrogens (tertiary/aromatic N) is 1. The van der Waals surface area contributed by atoms with E-state index < -0.39 is 17.4 Å². The van der Waals surface area contributed by atoms with Crippen LogP contribution in [0.4, 0.5) is 18.9 Å². The average Bonchev–Trinajstić information content (AvgIpc) is 2.37. The minimum absolute atomic E-state index is 0.189. The Morgan fingerprint density at radius 2 is 1.75 bits per heavy atom. The van der Waals surface area contributed by atoms with Crippen molar-refractivity contribution in [1.29, 1.82) is 0 Å². The molecule has 0 unspecified atom stereocenters. The van der Waals surface area contributed by atoms with Crippen LogP contribution in [0.5, 0.6) is 0 Å². The minimum atomic E-state index is -4.58. The normalized spacial score (nSPS) is 12.5. The second kappa shape index (κ2) is 5.54. The van der Waals surface area contributed by atoms with Crippen molar-refractivity contribution in [3.8, 4) is 0 Å². The highest BCUT2D eigenvalue weighted by atomic mass is 35.5. The molecule has 2 rings (SSSR count). The molecule has 0 heterocycles. The molecule has 20 heavy (non-hydrogen) atoms. The molecule has 2 aromatic carbocycles. The molecule has 0 bridgehead atoms. The van der Waals surface area contributed by atoms with Gasteiger partial charge in [0.15, 0.2) is 6.21 Å². The largest absolute Gasteiger partial charge is 0.618 e. The lowest BCUT2D eigenvalue weighted by atomic mass is 10.1. The summed E-state index contributed by atoms with van der Waals surface area (Å²) in [6.07, 6.45) is -3.53. The standard InChI is InChI=1S/C14H9ClF3NO/c15-11-5-3-4-10(8-11)9-19(20)13-7-2-1-6-12(13)14(16,17)18/h1-9H. The summed E-state index contributed by atoms with van der Waals surface area (Å²) in [5, 5.41) is 12.3. The van der Waals surface area contributed by atoms with Gasteiger partial charge in [-0.25, -0.2) is 0 Å². The average molecular weight is 300 g/mol. The second-order valence-corrected chi connectivity index (χ2v) is 4.46. The molecule has 0 aliphatic carbocycles. The van der Waals surface area contributed by atoms with Gasteiger partial charge in [-0.3, -0.25) is 0 Å². The molecule has 0 fully saturated rings. The second-order valence-electron chi connectivity index (χ2n) is 4.02. The highest BCUT2D eigenvalue weighted by molar-refractivity contribution is 6.30. The Morgan fingerprint density at radius 1 is 1.05 bits per heavy atom. The van der Waals surface area contributed by atoms with Crippen LogP contribution in [0, 0.1) is 5.21 Å². The lowest BCUT2D eigenvalue weighted by molar-refractivity contribution is -0.358. The lowest BCUT2D eigenvalue weighted by Gasteiger charge is -2.11. The lowest BCUT2D eigenvalue weighted by Crippen LogP contribution is -2.10. The van der Waals surface area contributed by atoms with E-state index in [4.69, 9.17) is 11.6 Å². The van der Waals surface area contributed by atoms with Crippen LogP contribution in [-0.4, -0.2) is 11.0 Å². The van der Waals surface area contributed by atoms with Gasteiger partial charge in [0.1, 0.15) is 5.56 Å². The Hall–Kier alpha value is -2.01. The minimum Gasteiger partial charge on any atom is -0.618 e. The Morgan fingerprint density at radius 3 is 2.40 bits per heavy atom. The Kier molecular flexibility index (Phi) is 3.99. The van der Waals surface area contributed by atoms with Crippen molar-refractivity contribution in [3.05, 3.63) is 69.9 Å². The van der Waals surface area contributed by atoms with Crippen molar-refractivity contribution in [1.82, 2.24) is 0 Å². The number of alkyl halides is 3. The molecule has 0 amide bonds. The zero-order valence-corrected chi connectivity index (χ0v) is 10.8. The van der Waals surface area contributed by atoms with Gasteiger partial charge in [0, 0.05) is 16.7 Å². The van der Waals surface area contributed by atoms with Gasteiger partial charge in [-0.15, -0.1) is 0 Å². The zero-order chi connectivity index (χ0) is 14.8. The quantitative estimate of drug-likeness (QED) is 0.344. The summed E-state index contributed by atoms with van der Waals surface area (Å²) in [6, 6.07) is 10.9. The predicted octanol–water partition coefficient (Wildman–Crippen LogP) is 4.62. The molecule has 0 radical (unpaired) electrons. The van der Waals surface area contributed by atoms with E-state index in [9.17, 15) is 18.4 Å². The summed E-state index contributed by atoms with van der Waals surface area (Å²) < 4.78 is 38.6. The first-order valence-corrected chi connectivity index (χ1v) is 5.99. The van der Waals surface area contributed by atoms with Crippen molar-refractivity contribution < 1.29 is 17.9 Å². The van der Waals surface area contributed by atoms with Crippen LogP contribution in [0.2, 0.25) is 5.02 Å². The third kappa shape index (κ3) is 3.30. The van der Waals surface area contributed by atoms with Crippen LogP contribution in [0.15, 0.2) is 48.5 Å². The van der Waals surface area contributed by atoms with E-state index in [-0.39, 0.29) is 4.74 Å². The van der Waals surface area contributed by atoms with Gasteiger partial charge >= 0.3 is 6.18 Å². The third-order valence-corrected chi connectivity index (χ3v) is 2.80. The third-order valence-electron chi connectivity index (χ3n) is 2.56. The first-order valence-electron chi connectivity index (χ1n) is 5.61. The summed E-state index contributed by atoms with van der Waals surface area (Å²) in [5.74, 6) is 0. The van der Waals surface area contributed by atoms with Crippen LogP contribution in [-0.2, 0) is 6.18 Å². The van der Waals surface area contributed by atoms with Crippen LogP contribution < -0.4 is 0 Å². The maximum Gasteiger partial charge on any atom is 0.422 e. The number of hydrogen-bond acceptors (Lipinski definition) is 1. The van der Waals surface area contributed by atoms with Crippen molar-refractivity contribution in [2.45, 2.75) is 6.18 Å². The summed E-state index contributed by atoms with van der Waals surface area (Å²) in [6.45, 7) is 0. The number of hydrogen-bond donors (Lipinski definition) is 0. The molecule has 0 aliphatic rings. The van der Waals surface area contributed by atoms with Crippen LogP contribution >= 0.6 is 11.6 Å². The van der Waals surface area contributed by atoms with E-state index in [0.717, 1.165) is 18.3 Å². The maximum atomic E-state index is 12.8. The van der Waals surface area contributed by atoms with Gasteiger partial charge in [-0.2, -0.15) is 17.9 Å². The highest BCUT2D eigenvalue weighted by Gasteiger charge is 2.36. The molecule has 2 nitrogen and oxygen atoms in total. The number of para-hydroxylation sites is 1. The van der Waals surface area contributed by atoms with E-state index >= 15 is 0 Å². The summed E-state index contributed by atoms with van der Waals surface area (Å²) in [5.41, 5.74) is -1.02. The molecule has 0 aliphatic heterocycles. The smallest absolute Gasteiger partial charge is 0.422 e. The SMILES string of the molecule is [O-][N+](=Cc1cccc(Cl)c1)c1ccccc1C(F)(F)F. The van der Waals surface area contributed by atoms with E-state index in [1.807, 2.05) is 0 Å².